The van der Waals surface area contributed by atoms with E-state index >= 15 is 0 Å². The highest BCUT2D eigenvalue weighted by molar-refractivity contribution is 4.76. The molecule has 0 N–H and O–H groups in total. The zero-order valence-electron chi connectivity index (χ0n) is 12.0. The van der Waals surface area contributed by atoms with Crippen molar-refractivity contribution in [3.8, 4) is 0 Å². The Bertz CT molecular complexity index is 234. The van der Waals surface area contributed by atoms with Crippen LogP contribution in [0.2, 0.25) is 0 Å². The summed E-state index contributed by atoms with van der Waals surface area (Å²) < 4.78 is 30.3. The van der Waals surface area contributed by atoms with Crippen molar-refractivity contribution >= 4 is 0 Å². The summed E-state index contributed by atoms with van der Waals surface area (Å²) in [6.45, 7) is 4.21. The molecule has 0 atom stereocenters. The molecule has 112 valence electrons. The Morgan fingerprint density at radius 2 is 1.74 bits per heavy atom. The minimum absolute atomic E-state index is 0.0746. The predicted octanol–water partition coefficient (Wildman–Crippen LogP) is 3.46. The zero-order valence-corrected chi connectivity index (χ0v) is 12.0. The topological polar surface area (TPSA) is 27.7 Å². The maximum Gasteiger partial charge on any atom is 0.160 e. The largest absolute Gasteiger partial charge is 0.373 e. The van der Waals surface area contributed by atoms with E-state index in [2.05, 4.69) is 6.92 Å². The van der Waals surface area contributed by atoms with Crippen molar-refractivity contribution in [3.63, 3.8) is 0 Å². The van der Waals surface area contributed by atoms with Gasteiger partial charge in [-0.05, 0) is 32.1 Å². The molecule has 0 aromatic carbocycles. The summed E-state index contributed by atoms with van der Waals surface area (Å²) in [5.74, 6) is 0.369. The van der Waals surface area contributed by atoms with E-state index < -0.39 is 6.17 Å². The fraction of sp³-hybridized carbons (Fsp3) is 1.00. The average molecular weight is 274 g/mol. The summed E-state index contributed by atoms with van der Waals surface area (Å²) in [4.78, 5) is 0. The Morgan fingerprint density at radius 3 is 2.37 bits per heavy atom. The van der Waals surface area contributed by atoms with Crippen molar-refractivity contribution in [1.82, 2.24) is 0 Å². The molecule has 1 saturated heterocycles. The fourth-order valence-electron chi connectivity index (χ4n) is 2.82. The van der Waals surface area contributed by atoms with Crippen LogP contribution in [0.5, 0.6) is 0 Å². The maximum absolute atomic E-state index is 13.1. The molecule has 1 heterocycles. The second-order valence-electron chi connectivity index (χ2n) is 5.75. The van der Waals surface area contributed by atoms with Gasteiger partial charge in [0.25, 0.3) is 0 Å². The predicted molar refractivity (Wildman–Crippen MR) is 71.8 cm³/mol. The molecule has 3 nitrogen and oxygen atoms in total. The number of ether oxygens (including phenoxy) is 3. The first kappa shape index (κ1) is 15.2. The summed E-state index contributed by atoms with van der Waals surface area (Å²) in [5, 5.41) is 0. The fourth-order valence-corrected chi connectivity index (χ4v) is 2.82. The molecule has 0 unspecified atom stereocenters. The van der Waals surface area contributed by atoms with Gasteiger partial charge in [-0.1, -0.05) is 19.8 Å². The number of hydrogen-bond donors (Lipinski definition) is 0. The Kier molecular flexibility index (Phi) is 6.54. The molecule has 0 bridgehead atoms. The normalized spacial score (nSPS) is 36.3. The number of unbranched alkanes of at least 4 members (excludes halogenated alkanes) is 2. The van der Waals surface area contributed by atoms with Crippen molar-refractivity contribution < 1.29 is 18.6 Å². The van der Waals surface area contributed by atoms with Crippen molar-refractivity contribution in [3.05, 3.63) is 0 Å². The summed E-state index contributed by atoms with van der Waals surface area (Å²) in [6.07, 6.45) is 5.93. The maximum atomic E-state index is 13.1. The molecule has 0 amide bonds. The van der Waals surface area contributed by atoms with E-state index in [4.69, 9.17) is 14.2 Å². The van der Waals surface area contributed by atoms with Crippen LogP contribution in [0.15, 0.2) is 0 Å². The van der Waals surface area contributed by atoms with Crippen LogP contribution >= 0.6 is 0 Å². The molecule has 4 heteroatoms. The number of hydrogen-bond acceptors (Lipinski definition) is 3. The third kappa shape index (κ3) is 5.01. The molecule has 2 fully saturated rings. The quantitative estimate of drug-likeness (QED) is 0.694. The summed E-state index contributed by atoms with van der Waals surface area (Å²) in [6, 6.07) is 0. The molecule has 1 aliphatic heterocycles. The van der Waals surface area contributed by atoms with E-state index in [0.717, 1.165) is 25.9 Å². The van der Waals surface area contributed by atoms with Crippen LogP contribution in [0.1, 0.15) is 51.9 Å². The lowest BCUT2D eigenvalue weighted by Gasteiger charge is -2.36. The number of halogens is 1. The van der Waals surface area contributed by atoms with Gasteiger partial charge in [0.15, 0.2) is 6.29 Å². The first-order valence-electron chi connectivity index (χ1n) is 7.78. The lowest BCUT2D eigenvalue weighted by atomic mass is 9.87. The Morgan fingerprint density at radius 1 is 1.05 bits per heavy atom. The SMILES string of the molecule is CCCCCOC1COC(C2CCC(F)CC2)OC1. The van der Waals surface area contributed by atoms with Gasteiger partial charge in [0, 0.05) is 12.5 Å². The van der Waals surface area contributed by atoms with E-state index in [1.807, 2.05) is 0 Å². The summed E-state index contributed by atoms with van der Waals surface area (Å²) in [5.41, 5.74) is 0. The van der Waals surface area contributed by atoms with Crippen molar-refractivity contribution in [2.24, 2.45) is 5.92 Å². The van der Waals surface area contributed by atoms with E-state index in [1.165, 1.54) is 12.8 Å². The van der Waals surface area contributed by atoms with Gasteiger partial charge in [-0.15, -0.1) is 0 Å². The highest BCUT2D eigenvalue weighted by atomic mass is 19.1. The smallest absolute Gasteiger partial charge is 0.160 e. The van der Waals surface area contributed by atoms with Crippen LogP contribution in [-0.2, 0) is 14.2 Å². The van der Waals surface area contributed by atoms with Gasteiger partial charge in [0.05, 0.1) is 13.2 Å². The molecule has 2 rings (SSSR count). The van der Waals surface area contributed by atoms with E-state index in [-0.39, 0.29) is 12.4 Å². The Balaban J connectivity index is 1.59. The van der Waals surface area contributed by atoms with Crippen molar-refractivity contribution in [2.75, 3.05) is 19.8 Å². The third-order valence-corrected chi connectivity index (χ3v) is 4.08. The van der Waals surface area contributed by atoms with Crippen LogP contribution in [0.4, 0.5) is 4.39 Å². The van der Waals surface area contributed by atoms with Gasteiger partial charge < -0.3 is 14.2 Å². The van der Waals surface area contributed by atoms with E-state index in [9.17, 15) is 4.39 Å². The monoisotopic (exact) mass is 274 g/mol. The van der Waals surface area contributed by atoms with E-state index in [1.54, 1.807) is 0 Å². The molecular formula is C15H27FO3. The lowest BCUT2D eigenvalue weighted by Crippen LogP contribution is -2.42. The highest BCUT2D eigenvalue weighted by Crippen LogP contribution is 2.31. The van der Waals surface area contributed by atoms with Crippen molar-refractivity contribution in [1.29, 1.82) is 0 Å². The first-order valence-corrected chi connectivity index (χ1v) is 7.78. The second kappa shape index (κ2) is 8.18. The van der Waals surface area contributed by atoms with Gasteiger partial charge in [0.2, 0.25) is 0 Å². The van der Waals surface area contributed by atoms with Crippen LogP contribution in [0.3, 0.4) is 0 Å². The average Bonchev–Trinajstić information content (AvgIpc) is 2.45. The molecule has 19 heavy (non-hydrogen) atoms. The van der Waals surface area contributed by atoms with Crippen LogP contribution < -0.4 is 0 Å². The minimum Gasteiger partial charge on any atom is -0.373 e. The summed E-state index contributed by atoms with van der Waals surface area (Å²) in [7, 11) is 0. The van der Waals surface area contributed by atoms with Gasteiger partial charge in [-0.25, -0.2) is 4.39 Å². The Hall–Kier alpha value is -0.190. The summed E-state index contributed by atoms with van der Waals surface area (Å²) >= 11 is 0. The molecule has 1 aliphatic carbocycles. The minimum atomic E-state index is -0.616. The Labute approximate surface area is 115 Å². The van der Waals surface area contributed by atoms with Crippen LogP contribution in [0.25, 0.3) is 0 Å². The van der Waals surface area contributed by atoms with Gasteiger partial charge in [-0.2, -0.15) is 0 Å². The molecular weight excluding hydrogens is 247 g/mol. The molecule has 0 spiro atoms. The number of rotatable bonds is 6. The van der Waals surface area contributed by atoms with E-state index in [0.29, 0.717) is 32.0 Å². The molecule has 1 saturated carbocycles. The standard InChI is InChI=1S/C15H27FO3/c1-2-3-4-9-17-14-10-18-15(19-11-14)12-5-7-13(16)8-6-12/h12-15H,2-11H2,1H3. The third-order valence-electron chi connectivity index (χ3n) is 4.08. The first-order chi connectivity index (χ1) is 9.29. The van der Waals surface area contributed by atoms with Crippen molar-refractivity contribution in [2.45, 2.75) is 70.4 Å². The van der Waals surface area contributed by atoms with Gasteiger partial charge in [-0.3, -0.25) is 0 Å². The van der Waals surface area contributed by atoms with Crippen LogP contribution in [0, 0.1) is 5.92 Å². The molecule has 2 aliphatic rings. The van der Waals surface area contributed by atoms with Gasteiger partial charge in [0.1, 0.15) is 12.3 Å². The highest BCUT2D eigenvalue weighted by Gasteiger charge is 2.32. The lowest BCUT2D eigenvalue weighted by molar-refractivity contribution is -0.249. The number of alkyl halides is 1. The molecule has 0 radical (unpaired) electrons. The zero-order chi connectivity index (χ0) is 13.5. The van der Waals surface area contributed by atoms with Crippen LogP contribution in [-0.4, -0.2) is 38.4 Å². The molecule has 0 aromatic heterocycles. The van der Waals surface area contributed by atoms with Gasteiger partial charge >= 0.3 is 0 Å². The second-order valence-corrected chi connectivity index (χ2v) is 5.75. The molecule has 0 aromatic rings.